The van der Waals surface area contributed by atoms with Crippen LogP contribution in [0.3, 0.4) is 0 Å². The molecule has 0 N–H and O–H groups in total. The number of rotatable bonds is 7. The van der Waals surface area contributed by atoms with Crippen LogP contribution in [0.15, 0.2) is 54.6 Å². The van der Waals surface area contributed by atoms with Gasteiger partial charge in [-0.15, -0.1) is 0 Å². The van der Waals surface area contributed by atoms with E-state index in [1.54, 1.807) is 13.0 Å². The van der Waals surface area contributed by atoms with Gasteiger partial charge >= 0.3 is 18.3 Å². The van der Waals surface area contributed by atoms with Crippen LogP contribution in [0, 0.1) is 11.8 Å². The fraction of sp³-hybridized carbons (Fsp3) is 0.464. The second kappa shape index (κ2) is 13.7. The van der Waals surface area contributed by atoms with Crippen molar-refractivity contribution in [2.45, 2.75) is 52.5 Å². The minimum absolute atomic E-state index is 0.0138. The number of carbonyl (C=O) groups excluding carboxylic acids is 1. The van der Waals surface area contributed by atoms with Crippen LogP contribution in [-0.2, 0) is 28.4 Å². The number of nitrogens with zero attached hydrogens (tertiary/aromatic N) is 1. The fourth-order valence-electron chi connectivity index (χ4n) is 4.31. The van der Waals surface area contributed by atoms with Gasteiger partial charge in [0.2, 0.25) is 0 Å². The van der Waals surface area contributed by atoms with Crippen LogP contribution >= 0.6 is 0 Å². The van der Waals surface area contributed by atoms with E-state index in [-0.39, 0.29) is 30.8 Å². The third kappa shape index (κ3) is 9.87. The van der Waals surface area contributed by atoms with Crippen molar-refractivity contribution in [1.29, 1.82) is 0 Å². The summed E-state index contributed by atoms with van der Waals surface area (Å²) >= 11 is 0. The summed E-state index contributed by atoms with van der Waals surface area (Å²) in [5, 5.41) is 0. The third-order valence-corrected chi connectivity index (χ3v) is 5.89. The molecule has 3 rings (SSSR count). The SMILES string of the molecule is CC.CCOC(=O)CC1CC(/C=C/c2ccc(C(F)(F)F)cc2)CN(Cc2ccc(C(F)(F)F)cc2)C1. The number of halogens is 6. The molecule has 0 aliphatic carbocycles. The summed E-state index contributed by atoms with van der Waals surface area (Å²) in [6.45, 7) is 7.62. The number of hydrogen-bond acceptors (Lipinski definition) is 3. The van der Waals surface area contributed by atoms with Gasteiger partial charge in [-0.1, -0.05) is 50.3 Å². The van der Waals surface area contributed by atoms with Crippen LogP contribution in [-0.4, -0.2) is 30.6 Å². The average molecular weight is 530 g/mol. The maximum atomic E-state index is 12.9. The second-order valence-corrected chi connectivity index (χ2v) is 8.74. The highest BCUT2D eigenvalue weighted by Crippen LogP contribution is 2.32. The van der Waals surface area contributed by atoms with Crippen molar-refractivity contribution in [3.63, 3.8) is 0 Å². The minimum Gasteiger partial charge on any atom is -0.466 e. The smallest absolute Gasteiger partial charge is 0.416 e. The highest BCUT2D eigenvalue weighted by molar-refractivity contribution is 5.69. The highest BCUT2D eigenvalue weighted by atomic mass is 19.4. The Labute approximate surface area is 214 Å². The molecule has 37 heavy (non-hydrogen) atoms. The molecule has 0 saturated carbocycles. The maximum absolute atomic E-state index is 12.9. The van der Waals surface area contributed by atoms with Crippen molar-refractivity contribution in [2.24, 2.45) is 11.8 Å². The van der Waals surface area contributed by atoms with Gasteiger partial charge in [0, 0.05) is 26.1 Å². The Kier molecular flexibility index (Phi) is 11.2. The lowest BCUT2D eigenvalue weighted by Crippen LogP contribution is -2.40. The zero-order valence-electron chi connectivity index (χ0n) is 21.2. The molecular formula is C28H33F6NO2. The van der Waals surface area contributed by atoms with E-state index < -0.39 is 23.5 Å². The first kappa shape index (κ1) is 30.4. The topological polar surface area (TPSA) is 29.5 Å². The zero-order valence-corrected chi connectivity index (χ0v) is 21.2. The molecule has 204 valence electrons. The molecular weight excluding hydrogens is 496 g/mol. The van der Waals surface area contributed by atoms with Gasteiger partial charge in [-0.05, 0) is 60.6 Å². The molecule has 1 fully saturated rings. The van der Waals surface area contributed by atoms with Gasteiger partial charge in [-0.3, -0.25) is 9.69 Å². The Hall–Kier alpha value is -2.81. The van der Waals surface area contributed by atoms with E-state index in [1.165, 1.54) is 24.3 Å². The number of ether oxygens (including phenoxy) is 1. The van der Waals surface area contributed by atoms with E-state index in [9.17, 15) is 31.1 Å². The number of likely N-dealkylation sites (tertiary alicyclic amines) is 1. The van der Waals surface area contributed by atoms with E-state index in [2.05, 4.69) is 4.90 Å². The zero-order chi connectivity index (χ0) is 27.6. The number of benzene rings is 2. The van der Waals surface area contributed by atoms with Crippen LogP contribution in [0.1, 0.15) is 55.9 Å². The van der Waals surface area contributed by atoms with E-state index in [4.69, 9.17) is 4.74 Å². The summed E-state index contributed by atoms with van der Waals surface area (Å²) in [4.78, 5) is 14.1. The van der Waals surface area contributed by atoms with Crippen molar-refractivity contribution in [1.82, 2.24) is 4.90 Å². The summed E-state index contributed by atoms with van der Waals surface area (Å²) in [5.41, 5.74) is -0.0815. The molecule has 0 radical (unpaired) electrons. The van der Waals surface area contributed by atoms with Crippen LogP contribution in [0.5, 0.6) is 0 Å². The average Bonchev–Trinajstić information content (AvgIpc) is 2.83. The number of piperidine rings is 1. The van der Waals surface area contributed by atoms with E-state index in [0.29, 0.717) is 31.6 Å². The molecule has 1 saturated heterocycles. The Bertz CT molecular complexity index is 997. The molecule has 0 spiro atoms. The quantitative estimate of drug-likeness (QED) is 0.270. The molecule has 9 heteroatoms. The van der Waals surface area contributed by atoms with Gasteiger partial charge in [0.25, 0.3) is 0 Å². The first-order valence-electron chi connectivity index (χ1n) is 12.3. The highest BCUT2D eigenvalue weighted by Gasteiger charge is 2.31. The largest absolute Gasteiger partial charge is 0.466 e. The van der Waals surface area contributed by atoms with Gasteiger partial charge in [-0.25, -0.2) is 0 Å². The summed E-state index contributed by atoms with van der Waals surface area (Å²) in [5.74, 6) is -0.307. The third-order valence-electron chi connectivity index (χ3n) is 5.89. The molecule has 0 amide bonds. The Morgan fingerprint density at radius 2 is 1.46 bits per heavy atom. The lowest BCUT2D eigenvalue weighted by molar-refractivity contribution is -0.145. The molecule has 1 heterocycles. The molecule has 2 unspecified atom stereocenters. The van der Waals surface area contributed by atoms with Gasteiger partial charge in [0.1, 0.15) is 0 Å². The molecule has 2 atom stereocenters. The number of hydrogen-bond donors (Lipinski definition) is 0. The van der Waals surface area contributed by atoms with Crippen molar-refractivity contribution < 1.29 is 35.9 Å². The monoisotopic (exact) mass is 529 g/mol. The standard InChI is InChI=1S/C26H27F6NO2.C2H6/c1-2-35-24(34)14-21-13-20(4-3-18-5-9-22(10-6-18)25(27,28)29)16-33(17-21)15-19-7-11-23(12-8-19)26(30,31)32;1-2/h3-12,20-21H,2,13-17H2,1H3;1-2H3/b4-3+;. The van der Waals surface area contributed by atoms with E-state index >= 15 is 0 Å². The summed E-state index contributed by atoms with van der Waals surface area (Å²) in [6.07, 6.45) is -4.21. The fourth-order valence-corrected chi connectivity index (χ4v) is 4.31. The molecule has 0 bridgehead atoms. The predicted molar refractivity (Wildman–Crippen MR) is 131 cm³/mol. The van der Waals surface area contributed by atoms with Crippen LogP contribution < -0.4 is 0 Å². The Balaban J connectivity index is 0.00000235. The van der Waals surface area contributed by atoms with Gasteiger partial charge in [-0.2, -0.15) is 26.3 Å². The normalized spacial score (nSPS) is 18.8. The summed E-state index contributed by atoms with van der Waals surface area (Å²) in [6, 6.07) is 9.86. The van der Waals surface area contributed by atoms with Crippen LogP contribution in [0.4, 0.5) is 26.3 Å². The molecule has 1 aliphatic rings. The molecule has 2 aromatic rings. The lowest BCUT2D eigenvalue weighted by atomic mass is 9.86. The Morgan fingerprint density at radius 3 is 1.97 bits per heavy atom. The minimum atomic E-state index is -4.40. The van der Waals surface area contributed by atoms with E-state index in [0.717, 1.165) is 29.8 Å². The molecule has 1 aliphatic heterocycles. The Morgan fingerprint density at radius 1 is 0.919 bits per heavy atom. The number of carbonyl (C=O) groups is 1. The first-order chi connectivity index (χ1) is 17.4. The summed E-state index contributed by atoms with van der Waals surface area (Å²) < 4.78 is 82.0. The van der Waals surface area contributed by atoms with Crippen molar-refractivity contribution in [2.75, 3.05) is 19.7 Å². The maximum Gasteiger partial charge on any atom is 0.416 e. The lowest BCUT2D eigenvalue weighted by Gasteiger charge is -2.36. The van der Waals surface area contributed by atoms with Gasteiger partial charge < -0.3 is 4.74 Å². The summed E-state index contributed by atoms with van der Waals surface area (Å²) in [7, 11) is 0. The predicted octanol–water partition coefficient (Wildman–Crippen LogP) is 7.86. The molecule has 3 nitrogen and oxygen atoms in total. The number of esters is 1. The number of alkyl halides is 6. The van der Waals surface area contributed by atoms with E-state index in [1.807, 2.05) is 19.9 Å². The first-order valence-corrected chi connectivity index (χ1v) is 12.3. The molecule has 0 aromatic heterocycles. The van der Waals surface area contributed by atoms with Crippen molar-refractivity contribution >= 4 is 12.0 Å². The molecule has 2 aromatic carbocycles. The van der Waals surface area contributed by atoms with Crippen LogP contribution in [0.2, 0.25) is 0 Å². The van der Waals surface area contributed by atoms with Crippen molar-refractivity contribution in [3.8, 4) is 0 Å². The van der Waals surface area contributed by atoms with Crippen LogP contribution in [0.25, 0.3) is 6.08 Å². The van der Waals surface area contributed by atoms with Gasteiger partial charge in [0.05, 0.1) is 17.7 Å². The van der Waals surface area contributed by atoms with Crippen molar-refractivity contribution in [3.05, 3.63) is 76.9 Å². The second-order valence-electron chi connectivity index (χ2n) is 8.74. The van der Waals surface area contributed by atoms with Gasteiger partial charge in [0.15, 0.2) is 0 Å².